The van der Waals surface area contributed by atoms with Gasteiger partial charge in [-0.05, 0) is 56.6 Å². The van der Waals surface area contributed by atoms with Crippen LogP contribution in [-0.2, 0) is 4.79 Å². The number of carbonyl (C=O) groups is 1. The first-order valence-corrected chi connectivity index (χ1v) is 9.06. The van der Waals surface area contributed by atoms with Crippen molar-refractivity contribution in [1.29, 1.82) is 0 Å². The van der Waals surface area contributed by atoms with Crippen molar-refractivity contribution < 1.29 is 13.8 Å². The molecular weight excluding hydrogens is 293 g/mol. The molecule has 3 aliphatic heterocycles. The number of hydrogen-bond donors (Lipinski definition) is 2. The number of hydrogen-bond acceptors (Lipinski definition) is 3. The maximum Gasteiger partial charge on any atom is 0.263 e. The second-order valence-electron chi connectivity index (χ2n) is 7.76. The van der Waals surface area contributed by atoms with E-state index in [1.165, 1.54) is 6.42 Å². The molecule has 2 fully saturated rings. The van der Waals surface area contributed by atoms with Crippen LogP contribution in [-0.4, -0.2) is 48.4 Å². The van der Waals surface area contributed by atoms with Crippen LogP contribution < -0.4 is 10.6 Å². The summed E-state index contributed by atoms with van der Waals surface area (Å²) in [6.45, 7) is 3.93. The van der Waals surface area contributed by atoms with Gasteiger partial charge >= 0.3 is 0 Å². The largest absolute Gasteiger partial charge is 0.313 e. The predicted molar refractivity (Wildman–Crippen MR) is 87.1 cm³/mol. The number of carbonyl (C=O) groups excluding carboxylic acids is 1. The lowest BCUT2D eigenvalue weighted by atomic mass is 9.74. The van der Waals surface area contributed by atoms with E-state index in [1.807, 2.05) is 6.92 Å². The first kappa shape index (κ1) is 15.5. The summed E-state index contributed by atoms with van der Waals surface area (Å²) in [7, 11) is 0. The Hall–Kier alpha value is -1.07. The van der Waals surface area contributed by atoms with E-state index in [1.54, 1.807) is 0 Å². The van der Waals surface area contributed by atoms with Gasteiger partial charge in [0.05, 0.1) is 12.4 Å². The van der Waals surface area contributed by atoms with Crippen LogP contribution in [0.1, 0.15) is 39.0 Å². The van der Waals surface area contributed by atoms with Crippen molar-refractivity contribution in [3.63, 3.8) is 0 Å². The number of nitrogens with one attached hydrogen (secondary N) is 2. The summed E-state index contributed by atoms with van der Waals surface area (Å²) in [5.74, 6) is 1.86. The zero-order chi connectivity index (χ0) is 16.0. The van der Waals surface area contributed by atoms with Crippen molar-refractivity contribution in [2.45, 2.75) is 57.3 Å². The third-order valence-electron chi connectivity index (χ3n) is 6.49. The molecule has 23 heavy (non-hydrogen) atoms. The van der Waals surface area contributed by atoms with Crippen molar-refractivity contribution >= 4 is 12.5 Å². The van der Waals surface area contributed by atoms with E-state index in [0.29, 0.717) is 36.3 Å². The Kier molecular flexibility index (Phi) is 4.10. The van der Waals surface area contributed by atoms with Crippen LogP contribution in [0.25, 0.3) is 0 Å². The molecule has 0 bridgehead atoms. The summed E-state index contributed by atoms with van der Waals surface area (Å²) in [6.07, 6.45) is 8.04. The molecule has 0 radical (unpaired) electrons. The third kappa shape index (κ3) is 2.68. The predicted octanol–water partition coefficient (Wildman–Crippen LogP) is 1.61. The first-order chi connectivity index (χ1) is 11.2. The van der Waals surface area contributed by atoms with E-state index in [2.05, 4.69) is 21.4 Å². The van der Waals surface area contributed by atoms with Gasteiger partial charge in [0.15, 0.2) is 6.04 Å². The SMILES string of the molecule is CC1=C(F)CCC(C2NCCC2C2C=[N+]3C(CNC3C=O)C2)C1. The Morgan fingerprint density at radius 3 is 3.00 bits per heavy atom. The summed E-state index contributed by atoms with van der Waals surface area (Å²) in [5.41, 5.74) is 0.954. The molecule has 2 N–H and O–H groups in total. The Morgan fingerprint density at radius 2 is 2.22 bits per heavy atom. The second-order valence-corrected chi connectivity index (χ2v) is 7.76. The summed E-state index contributed by atoms with van der Waals surface area (Å²) in [4.78, 5) is 11.2. The number of rotatable bonds is 3. The molecule has 0 aromatic carbocycles. The number of allylic oxidation sites excluding steroid dienone is 2. The van der Waals surface area contributed by atoms with Gasteiger partial charge in [0.1, 0.15) is 6.21 Å². The van der Waals surface area contributed by atoms with Crippen LogP contribution in [0.2, 0.25) is 0 Å². The van der Waals surface area contributed by atoms with E-state index < -0.39 is 0 Å². The fourth-order valence-corrected chi connectivity index (χ4v) is 5.30. The molecule has 0 aromatic heterocycles. The minimum atomic E-state index is -0.133. The highest BCUT2D eigenvalue weighted by atomic mass is 19.1. The molecule has 4 aliphatic rings. The Bertz CT molecular complexity index is 558. The van der Waals surface area contributed by atoms with Gasteiger partial charge in [-0.2, -0.15) is 0 Å². The summed E-state index contributed by atoms with van der Waals surface area (Å²) >= 11 is 0. The molecule has 126 valence electrons. The topological polar surface area (TPSA) is 44.1 Å². The normalized spacial score (nSPS) is 43.7. The highest BCUT2D eigenvalue weighted by Gasteiger charge is 2.48. The van der Waals surface area contributed by atoms with Gasteiger partial charge in [0, 0.05) is 18.4 Å². The van der Waals surface area contributed by atoms with E-state index in [-0.39, 0.29) is 12.0 Å². The maximum absolute atomic E-state index is 13.7. The Balaban J connectivity index is 1.49. The van der Waals surface area contributed by atoms with Gasteiger partial charge in [-0.1, -0.05) is 0 Å². The molecule has 1 aliphatic carbocycles. The minimum absolute atomic E-state index is 0.115. The van der Waals surface area contributed by atoms with Crippen LogP contribution in [0.3, 0.4) is 0 Å². The molecule has 3 heterocycles. The average molecular weight is 320 g/mol. The van der Waals surface area contributed by atoms with E-state index >= 15 is 0 Å². The monoisotopic (exact) mass is 320 g/mol. The zero-order valence-electron chi connectivity index (χ0n) is 13.8. The number of fused-ring (bicyclic) bond motifs is 1. The van der Waals surface area contributed by atoms with Gasteiger partial charge in [-0.3, -0.25) is 4.79 Å². The maximum atomic E-state index is 13.7. The third-order valence-corrected chi connectivity index (χ3v) is 6.49. The molecule has 5 heteroatoms. The minimum Gasteiger partial charge on any atom is -0.313 e. The number of aldehydes is 1. The van der Waals surface area contributed by atoms with Gasteiger partial charge in [-0.25, -0.2) is 14.3 Å². The molecule has 0 aromatic rings. The van der Waals surface area contributed by atoms with Crippen molar-refractivity contribution in [2.24, 2.45) is 17.8 Å². The summed E-state index contributed by atoms with van der Waals surface area (Å²) < 4.78 is 15.9. The average Bonchev–Trinajstić information content (AvgIpc) is 3.23. The standard InChI is InChI=1S/C18H27FN3O/c1-11-6-12(2-3-16(11)19)18-15(4-5-20-18)13-7-14-8-21-17(10-23)22(14)9-13/h9-10,12-15,17-18,20-21H,2-8H2,1H3/q+1. The first-order valence-electron chi connectivity index (χ1n) is 9.06. The van der Waals surface area contributed by atoms with Crippen LogP contribution in [0.15, 0.2) is 11.4 Å². The zero-order valence-corrected chi connectivity index (χ0v) is 13.8. The molecule has 6 unspecified atom stereocenters. The lowest BCUT2D eigenvalue weighted by Gasteiger charge is -2.33. The molecule has 4 rings (SSSR count). The summed E-state index contributed by atoms with van der Waals surface area (Å²) in [5, 5.41) is 6.98. The highest BCUT2D eigenvalue weighted by molar-refractivity contribution is 5.62. The molecular formula is C18H27FN3O+. The van der Waals surface area contributed by atoms with Crippen molar-refractivity contribution in [1.82, 2.24) is 10.6 Å². The lowest BCUT2D eigenvalue weighted by molar-refractivity contribution is -0.553. The molecule has 0 amide bonds. The van der Waals surface area contributed by atoms with Gasteiger partial charge in [0.25, 0.3) is 6.17 Å². The van der Waals surface area contributed by atoms with Gasteiger partial charge in [0.2, 0.25) is 6.29 Å². The summed E-state index contributed by atoms with van der Waals surface area (Å²) in [6, 6.07) is 0.976. The van der Waals surface area contributed by atoms with Crippen LogP contribution >= 0.6 is 0 Å². The fourth-order valence-electron chi connectivity index (χ4n) is 5.30. The van der Waals surface area contributed by atoms with E-state index in [0.717, 1.165) is 44.2 Å². The van der Waals surface area contributed by atoms with E-state index in [9.17, 15) is 9.18 Å². The van der Waals surface area contributed by atoms with Gasteiger partial charge in [-0.15, -0.1) is 0 Å². The molecule has 4 nitrogen and oxygen atoms in total. The number of nitrogens with zero attached hydrogens (tertiary/aromatic N) is 1. The van der Waals surface area contributed by atoms with Crippen molar-refractivity contribution in [3.05, 3.63) is 11.4 Å². The second kappa shape index (κ2) is 6.10. The van der Waals surface area contributed by atoms with Crippen LogP contribution in [0.4, 0.5) is 4.39 Å². The quantitative estimate of drug-likeness (QED) is 0.613. The lowest BCUT2D eigenvalue weighted by Crippen LogP contribution is -2.40. The van der Waals surface area contributed by atoms with Crippen molar-refractivity contribution in [2.75, 3.05) is 13.1 Å². The van der Waals surface area contributed by atoms with Gasteiger partial charge < -0.3 is 5.32 Å². The Morgan fingerprint density at radius 1 is 1.35 bits per heavy atom. The molecule has 2 saturated heterocycles. The number of halogens is 1. The fraction of sp³-hybridized carbons (Fsp3) is 0.778. The van der Waals surface area contributed by atoms with Crippen molar-refractivity contribution in [3.8, 4) is 0 Å². The van der Waals surface area contributed by atoms with Crippen LogP contribution in [0.5, 0.6) is 0 Å². The smallest absolute Gasteiger partial charge is 0.263 e. The van der Waals surface area contributed by atoms with Crippen LogP contribution in [0, 0.1) is 17.8 Å². The molecule has 0 saturated carbocycles. The molecule has 0 spiro atoms. The van der Waals surface area contributed by atoms with E-state index in [4.69, 9.17) is 0 Å². The highest BCUT2D eigenvalue weighted by Crippen LogP contribution is 2.40. The Labute approximate surface area is 137 Å². The molecule has 6 atom stereocenters.